The van der Waals surface area contributed by atoms with Crippen molar-refractivity contribution in [2.45, 2.75) is 69.3 Å². The molecule has 160 valence electrons. The lowest BCUT2D eigenvalue weighted by atomic mass is 9.81. The average molecular weight is 404 g/mol. The molecule has 0 aromatic carbocycles. The summed E-state index contributed by atoms with van der Waals surface area (Å²) in [5, 5.41) is 50.5. The molecule has 28 heavy (non-hydrogen) atoms. The molecular formula is C18H28O10. The van der Waals surface area contributed by atoms with Crippen LogP contribution in [0.15, 0.2) is 11.8 Å². The van der Waals surface area contributed by atoms with Crippen LogP contribution in [-0.4, -0.2) is 87.3 Å². The summed E-state index contributed by atoms with van der Waals surface area (Å²) >= 11 is 0. The Bertz CT molecular complexity index is 607. The van der Waals surface area contributed by atoms with Gasteiger partial charge in [0.2, 0.25) is 6.29 Å². The van der Waals surface area contributed by atoms with Gasteiger partial charge in [-0.3, -0.25) is 4.79 Å². The van der Waals surface area contributed by atoms with E-state index in [1.54, 1.807) is 0 Å². The Hall–Kier alpha value is -1.27. The van der Waals surface area contributed by atoms with E-state index in [-0.39, 0.29) is 12.5 Å². The number of hydrogen-bond donors (Lipinski definition) is 5. The number of hydrogen-bond acceptors (Lipinski definition) is 10. The maximum atomic E-state index is 11.2. The fourth-order valence-electron chi connectivity index (χ4n) is 4.25. The van der Waals surface area contributed by atoms with Gasteiger partial charge in [0, 0.05) is 6.92 Å². The number of esters is 1. The Balaban J connectivity index is 1.79. The number of aliphatic hydroxyl groups excluding tert-OH is 4. The van der Waals surface area contributed by atoms with Gasteiger partial charge in [0.05, 0.1) is 18.8 Å². The van der Waals surface area contributed by atoms with E-state index >= 15 is 0 Å². The summed E-state index contributed by atoms with van der Waals surface area (Å²) in [5.74, 6) is -1.22. The molecule has 1 saturated heterocycles. The molecule has 5 N–H and O–H groups in total. The molecule has 2 fully saturated rings. The molecule has 1 aliphatic carbocycles. The molecule has 0 spiro atoms. The first-order valence-corrected chi connectivity index (χ1v) is 9.32. The van der Waals surface area contributed by atoms with Crippen LogP contribution in [0.5, 0.6) is 0 Å². The van der Waals surface area contributed by atoms with Crippen molar-refractivity contribution >= 4 is 5.97 Å². The number of fused-ring (bicyclic) bond motifs is 1. The fourth-order valence-corrected chi connectivity index (χ4v) is 4.25. The van der Waals surface area contributed by atoms with Crippen LogP contribution >= 0.6 is 0 Å². The molecule has 9 unspecified atom stereocenters. The van der Waals surface area contributed by atoms with Crippen molar-refractivity contribution in [2.75, 3.05) is 13.2 Å². The molecular weight excluding hydrogens is 376 g/mol. The third-order valence-corrected chi connectivity index (χ3v) is 5.85. The molecule has 2 aliphatic heterocycles. The van der Waals surface area contributed by atoms with Crippen LogP contribution in [0.2, 0.25) is 0 Å². The SMILES string of the molecule is CC(=O)OCC1(O)CCC2C(C)=COC(OC3OC(CO)C(O)C(O)C3O)C21. The maximum absolute atomic E-state index is 11.2. The number of allylic oxidation sites excluding steroid dienone is 1. The van der Waals surface area contributed by atoms with Crippen molar-refractivity contribution in [1.29, 1.82) is 0 Å². The lowest BCUT2D eigenvalue weighted by Gasteiger charge is -2.44. The van der Waals surface area contributed by atoms with Crippen molar-refractivity contribution in [1.82, 2.24) is 0 Å². The van der Waals surface area contributed by atoms with E-state index in [2.05, 4.69) is 0 Å². The van der Waals surface area contributed by atoms with E-state index in [4.69, 9.17) is 18.9 Å². The number of carbonyl (C=O) groups excluding carboxylic acids is 1. The highest BCUT2D eigenvalue weighted by Gasteiger charge is 2.56. The minimum absolute atomic E-state index is 0.0933. The van der Waals surface area contributed by atoms with Crippen LogP contribution in [0, 0.1) is 11.8 Å². The number of aliphatic hydroxyl groups is 5. The first kappa shape index (κ1) is 21.4. The van der Waals surface area contributed by atoms with E-state index < -0.39 is 61.1 Å². The monoisotopic (exact) mass is 404 g/mol. The first-order valence-electron chi connectivity index (χ1n) is 9.32. The molecule has 3 aliphatic rings. The van der Waals surface area contributed by atoms with E-state index in [0.717, 1.165) is 5.57 Å². The van der Waals surface area contributed by atoms with Crippen molar-refractivity contribution in [2.24, 2.45) is 11.8 Å². The van der Waals surface area contributed by atoms with Crippen LogP contribution in [0.3, 0.4) is 0 Å². The summed E-state index contributed by atoms with van der Waals surface area (Å²) in [6, 6.07) is 0. The smallest absolute Gasteiger partial charge is 0.302 e. The Kier molecular flexibility index (Phi) is 6.30. The van der Waals surface area contributed by atoms with Gasteiger partial charge in [-0.1, -0.05) is 0 Å². The average Bonchev–Trinajstić information content (AvgIpc) is 3.02. The van der Waals surface area contributed by atoms with Crippen LogP contribution in [0.25, 0.3) is 0 Å². The van der Waals surface area contributed by atoms with Crippen molar-refractivity contribution in [3.05, 3.63) is 11.8 Å². The van der Waals surface area contributed by atoms with Gasteiger partial charge < -0.3 is 44.5 Å². The predicted octanol–water partition coefficient (Wildman–Crippen LogP) is -1.62. The van der Waals surface area contributed by atoms with Gasteiger partial charge in [-0.05, 0) is 31.3 Å². The Morgan fingerprint density at radius 3 is 2.61 bits per heavy atom. The maximum Gasteiger partial charge on any atom is 0.302 e. The van der Waals surface area contributed by atoms with Crippen LogP contribution in [-0.2, 0) is 23.7 Å². The van der Waals surface area contributed by atoms with E-state index in [1.807, 2.05) is 6.92 Å². The third-order valence-electron chi connectivity index (χ3n) is 5.85. The minimum atomic E-state index is -1.59. The largest absolute Gasteiger partial charge is 0.472 e. The van der Waals surface area contributed by atoms with Crippen LogP contribution in [0.4, 0.5) is 0 Å². The van der Waals surface area contributed by atoms with Gasteiger partial charge >= 0.3 is 5.97 Å². The topological polar surface area (TPSA) is 155 Å². The van der Waals surface area contributed by atoms with Crippen molar-refractivity contribution in [3.63, 3.8) is 0 Å². The lowest BCUT2D eigenvalue weighted by molar-refractivity contribution is -0.347. The van der Waals surface area contributed by atoms with Gasteiger partial charge in [0.15, 0.2) is 6.29 Å². The second-order valence-electron chi connectivity index (χ2n) is 7.75. The molecule has 10 nitrogen and oxygen atoms in total. The predicted molar refractivity (Wildman–Crippen MR) is 91.3 cm³/mol. The Morgan fingerprint density at radius 1 is 1.25 bits per heavy atom. The highest BCUT2D eigenvalue weighted by Crippen LogP contribution is 2.49. The zero-order valence-electron chi connectivity index (χ0n) is 15.8. The second-order valence-corrected chi connectivity index (χ2v) is 7.75. The third kappa shape index (κ3) is 3.90. The first-order chi connectivity index (χ1) is 13.2. The zero-order valence-corrected chi connectivity index (χ0v) is 15.8. The standard InChI is InChI=1S/C18H28O10/c1-8-6-25-16(12-10(8)3-4-18(12,24)7-26-9(2)20)28-17-15(23)14(22)13(21)11(5-19)27-17/h6,10-17,19,21-24H,3-5,7H2,1-2H3. The summed E-state index contributed by atoms with van der Waals surface area (Å²) in [7, 11) is 0. The normalized spacial score (nSPS) is 45.8. The minimum Gasteiger partial charge on any atom is -0.472 e. The summed E-state index contributed by atoms with van der Waals surface area (Å²) in [4.78, 5) is 11.2. The molecule has 1 saturated carbocycles. The number of carbonyl (C=O) groups is 1. The highest BCUT2D eigenvalue weighted by molar-refractivity contribution is 5.66. The highest BCUT2D eigenvalue weighted by atomic mass is 16.8. The molecule has 0 bridgehead atoms. The van der Waals surface area contributed by atoms with Crippen molar-refractivity contribution < 1.29 is 49.3 Å². The van der Waals surface area contributed by atoms with Gasteiger partial charge in [-0.25, -0.2) is 0 Å². The van der Waals surface area contributed by atoms with Gasteiger partial charge in [-0.2, -0.15) is 0 Å². The fraction of sp³-hybridized carbons (Fsp3) is 0.833. The molecule has 0 amide bonds. The quantitative estimate of drug-likeness (QED) is 0.338. The zero-order chi connectivity index (χ0) is 20.6. The molecule has 3 rings (SSSR count). The van der Waals surface area contributed by atoms with Gasteiger partial charge in [-0.15, -0.1) is 0 Å². The Morgan fingerprint density at radius 2 is 1.96 bits per heavy atom. The van der Waals surface area contributed by atoms with Crippen LogP contribution in [0.1, 0.15) is 26.7 Å². The summed E-state index contributed by atoms with van der Waals surface area (Å²) in [6.45, 7) is 2.30. The molecule has 0 radical (unpaired) electrons. The van der Waals surface area contributed by atoms with E-state index in [0.29, 0.717) is 12.8 Å². The van der Waals surface area contributed by atoms with Crippen LogP contribution < -0.4 is 0 Å². The summed E-state index contributed by atoms with van der Waals surface area (Å²) < 4.78 is 21.8. The molecule has 10 heteroatoms. The molecule has 9 atom stereocenters. The van der Waals surface area contributed by atoms with E-state index in [9.17, 15) is 30.3 Å². The number of rotatable bonds is 5. The molecule has 2 heterocycles. The summed E-state index contributed by atoms with van der Waals surface area (Å²) in [6.07, 6.45) is -5.76. The molecule has 0 aromatic rings. The van der Waals surface area contributed by atoms with Gasteiger partial charge in [0.1, 0.15) is 36.6 Å². The van der Waals surface area contributed by atoms with E-state index in [1.165, 1.54) is 13.2 Å². The van der Waals surface area contributed by atoms with Crippen molar-refractivity contribution in [3.8, 4) is 0 Å². The Labute approximate surface area is 162 Å². The number of ether oxygens (including phenoxy) is 4. The lowest BCUT2D eigenvalue weighted by Crippen LogP contribution is -2.61. The molecule has 0 aromatic heterocycles. The van der Waals surface area contributed by atoms with Gasteiger partial charge in [0.25, 0.3) is 0 Å². The second kappa shape index (κ2) is 8.23. The summed E-state index contributed by atoms with van der Waals surface area (Å²) in [5.41, 5.74) is -0.498.